The Kier molecular flexibility index (Phi) is 4.58. The Morgan fingerprint density at radius 3 is 2.89 bits per heavy atom. The maximum absolute atomic E-state index is 5.51. The van der Waals surface area contributed by atoms with Crippen LogP contribution in [-0.2, 0) is 12.8 Å². The summed E-state index contributed by atoms with van der Waals surface area (Å²) in [5, 5.41) is 0. The van der Waals surface area contributed by atoms with Gasteiger partial charge in [0, 0.05) is 12.0 Å². The van der Waals surface area contributed by atoms with E-state index in [0.29, 0.717) is 6.54 Å². The molecule has 0 radical (unpaired) electrons. The number of methoxy groups -OCH3 is 1. The van der Waals surface area contributed by atoms with Gasteiger partial charge in [-0.25, -0.2) is 4.98 Å². The van der Waals surface area contributed by atoms with Crippen molar-refractivity contribution in [2.45, 2.75) is 26.2 Å². The van der Waals surface area contributed by atoms with Crippen molar-refractivity contribution in [1.29, 1.82) is 0 Å². The molecule has 0 saturated carbocycles. The monoisotopic (exact) mass is 259 g/mol. The molecular weight excluding hydrogens is 238 g/mol. The van der Waals surface area contributed by atoms with Crippen molar-refractivity contribution in [2.24, 2.45) is 5.73 Å². The van der Waals surface area contributed by atoms with Gasteiger partial charge in [-0.3, -0.25) is 0 Å². The van der Waals surface area contributed by atoms with Crippen LogP contribution in [0.1, 0.15) is 24.7 Å². The Morgan fingerprint density at radius 1 is 1.37 bits per heavy atom. The number of aromatic nitrogens is 2. The summed E-state index contributed by atoms with van der Waals surface area (Å²) < 4.78 is 5.35. The molecule has 2 aromatic rings. The molecule has 19 heavy (non-hydrogen) atoms. The maximum Gasteiger partial charge on any atom is 0.122 e. The second-order valence-corrected chi connectivity index (χ2v) is 4.52. The Morgan fingerprint density at radius 2 is 2.21 bits per heavy atom. The lowest BCUT2D eigenvalue weighted by Crippen LogP contribution is -2.01. The average Bonchev–Trinajstić information content (AvgIpc) is 2.93. The Labute approximate surface area is 114 Å². The van der Waals surface area contributed by atoms with Crippen LogP contribution in [0.15, 0.2) is 24.4 Å². The van der Waals surface area contributed by atoms with Crippen LogP contribution in [0.5, 0.6) is 5.75 Å². The molecule has 0 aliphatic rings. The van der Waals surface area contributed by atoms with Crippen molar-refractivity contribution < 1.29 is 4.74 Å². The van der Waals surface area contributed by atoms with Gasteiger partial charge in [-0.15, -0.1) is 0 Å². The van der Waals surface area contributed by atoms with Gasteiger partial charge in [-0.1, -0.05) is 6.92 Å². The van der Waals surface area contributed by atoms with E-state index in [0.717, 1.165) is 42.1 Å². The van der Waals surface area contributed by atoms with E-state index in [1.54, 1.807) is 7.11 Å². The van der Waals surface area contributed by atoms with Crippen molar-refractivity contribution in [3.05, 3.63) is 35.8 Å². The number of hydrogen-bond acceptors (Lipinski definition) is 3. The lowest BCUT2D eigenvalue weighted by Gasteiger charge is -2.08. The smallest absolute Gasteiger partial charge is 0.122 e. The first-order valence-electron chi connectivity index (χ1n) is 6.69. The number of nitrogens with two attached hydrogens (primary N) is 1. The van der Waals surface area contributed by atoms with E-state index >= 15 is 0 Å². The molecule has 0 unspecified atom stereocenters. The molecule has 0 fully saturated rings. The second kappa shape index (κ2) is 6.38. The molecule has 0 saturated heterocycles. The second-order valence-electron chi connectivity index (χ2n) is 4.52. The van der Waals surface area contributed by atoms with Crippen LogP contribution in [-0.4, -0.2) is 23.6 Å². The van der Waals surface area contributed by atoms with Gasteiger partial charge in [-0.2, -0.15) is 0 Å². The largest absolute Gasteiger partial charge is 0.496 e. The molecule has 0 amide bonds. The van der Waals surface area contributed by atoms with Crippen molar-refractivity contribution >= 4 is 0 Å². The molecule has 1 heterocycles. The molecule has 0 spiro atoms. The number of H-pyrrole nitrogens is 1. The Balaban J connectivity index is 2.23. The third kappa shape index (κ3) is 3.15. The van der Waals surface area contributed by atoms with E-state index in [2.05, 4.69) is 29.0 Å². The highest BCUT2D eigenvalue weighted by molar-refractivity contribution is 5.61. The van der Waals surface area contributed by atoms with E-state index in [-0.39, 0.29) is 0 Å². The summed E-state index contributed by atoms with van der Waals surface area (Å²) in [5.41, 5.74) is 8.90. The summed E-state index contributed by atoms with van der Waals surface area (Å²) >= 11 is 0. The number of rotatable bonds is 6. The zero-order valence-corrected chi connectivity index (χ0v) is 11.6. The van der Waals surface area contributed by atoms with Crippen molar-refractivity contribution in [3.63, 3.8) is 0 Å². The SMILES string of the molecule is CCc1cc(-c2cnc(CCCN)[nH]2)ccc1OC. The van der Waals surface area contributed by atoms with Crippen LogP contribution in [0.25, 0.3) is 11.3 Å². The van der Waals surface area contributed by atoms with Gasteiger partial charge in [0.15, 0.2) is 0 Å². The molecule has 0 aliphatic carbocycles. The Bertz CT molecular complexity index is 534. The molecule has 1 aromatic heterocycles. The predicted octanol–water partition coefficient (Wildman–Crippen LogP) is 2.54. The predicted molar refractivity (Wildman–Crippen MR) is 77.3 cm³/mol. The zero-order valence-electron chi connectivity index (χ0n) is 11.6. The standard InChI is InChI=1S/C15H21N3O/c1-3-11-9-12(6-7-14(11)19-2)13-10-17-15(18-13)5-4-8-16/h6-7,9-10H,3-5,8,16H2,1-2H3,(H,17,18). The first-order valence-corrected chi connectivity index (χ1v) is 6.69. The Hall–Kier alpha value is -1.81. The summed E-state index contributed by atoms with van der Waals surface area (Å²) in [5.74, 6) is 1.93. The van der Waals surface area contributed by atoms with Crippen LogP contribution < -0.4 is 10.5 Å². The van der Waals surface area contributed by atoms with Crippen molar-refractivity contribution in [3.8, 4) is 17.0 Å². The number of ether oxygens (including phenoxy) is 1. The maximum atomic E-state index is 5.51. The number of nitrogens with zero attached hydrogens (tertiary/aromatic N) is 1. The third-order valence-electron chi connectivity index (χ3n) is 3.22. The normalized spacial score (nSPS) is 10.7. The van der Waals surface area contributed by atoms with E-state index < -0.39 is 0 Å². The van der Waals surface area contributed by atoms with Gasteiger partial charge in [0.25, 0.3) is 0 Å². The molecule has 0 atom stereocenters. The van der Waals surface area contributed by atoms with E-state index in [9.17, 15) is 0 Å². The number of hydrogen-bond donors (Lipinski definition) is 2. The molecule has 102 valence electrons. The number of imidazole rings is 1. The molecular formula is C15H21N3O. The first-order chi connectivity index (χ1) is 9.28. The lowest BCUT2D eigenvalue weighted by atomic mass is 10.1. The van der Waals surface area contributed by atoms with Crippen molar-refractivity contribution in [1.82, 2.24) is 9.97 Å². The molecule has 4 nitrogen and oxygen atoms in total. The number of aryl methyl sites for hydroxylation is 2. The van der Waals surface area contributed by atoms with Crippen LogP contribution in [0.4, 0.5) is 0 Å². The topological polar surface area (TPSA) is 63.9 Å². The summed E-state index contributed by atoms with van der Waals surface area (Å²) in [7, 11) is 1.70. The van der Waals surface area contributed by atoms with Gasteiger partial charge in [0.1, 0.15) is 11.6 Å². The minimum atomic E-state index is 0.693. The fourth-order valence-electron chi connectivity index (χ4n) is 2.13. The van der Waals surface area contributed by atoms with E-state index in [1.807, 2.05) is 12.3 Å². The number of benzene rings is 1. The minimum Gasteiger partial charge on any atom is -0.496 e. The van der Waals surface area contributed by atoms with Gasteiger partial charge in [0.05, 0.1) is 19.0 Å². The lowest BCUT2D eigenvalue weighted by molar-refractivity contribution is 0.410. The summed E-state index contributed by atoms with van der Waals surface area (Å²) in [6.45, 7) is 2.82. The molecule has 1 aromatic carbocycles. The molecule has 0 bridgehead atoms. The minimum absolute atomic E-state index is 0.693. The molecule has 4 heteroatoms. The van der Waals surface area contributed by atoms with Crippen LogP contribution in [0.3, 0.4) is 0 Å². The zero-order chi connectivity index (χ0) is 13.7. The fourth-order valence-corrected chi connectivity index (χ4v) is 2.13. The molecule has 2 rings (SSSR count). The number of nitrogens with one attached hydrogen (secondary N) is 1. The molecule has 0 aliphatic heterocycles. The van der Waals surface area contributed by atoms with E-state index in [1.165, 1.54) is 5.56 Å². The van der Waals surface area contributed by atoms with Crippen LogP contribution in [0, 0.1) is 0 Å². The fraction of sp³-hybridized carbons (Fsp3) is 0.400. The number of aromatic amines is 1. The quantitative estimate of drug-likeness (QED) is 0.838. The highest BCUT2D eigenvalue weighted by Crippen LogP contribution is 2.26. The first kappa shape index (κ1) is 13.6. The summed E-state index contributed by atoms with van der Waals surface area (Å²) in [6, 6.07) is 6.21. The summed E-state index contributed by atoms with van der Waals surface area (Å²) in [4.78, 5) is 7.73. The van der Waals surface area contributed by atoms with Crippen molar-refractivity contribution in [2.75, 3.05) is 13.7 Å². The highest BCUT2D eigenvalue weighted by atomic mass is 16.5. The van der Waals surface area contributed by atoms with E-state index in [4.69, 9.17) is 10.5 Å². The highest BCUT2D eigenvalue weighted by Gasteiger charge is 2.07. The van der Waals surface area contributed by atoms with Crippen LogP contribution in [0.2, 0.25) is 0 Å². The van der Waals surface area contributed by atoms with Gasteiger partial charge < -0.3 is 15.5 Å². The summed E-state index contributed by atoms with van der Waals surface area (Å²) in [6.07, 6.45) is 4.68. The van der Waals surface area contributed by atoms with Crippen LogP contribution >= 0.6 is 0 Å². The third-order valence-corrected chi connectivity index (χ3v) is 3.22. The van der Waals surface area contributed by atoms with Gasteiger partial charge in [-0.05, 0) is 43.1 Å². The molecule has 3 N–H and O–H groups in total. The van der Waals surface area contributed by atoms with Gasteiger partial charge in [0.2, 0.25) is 0 Å². The average molecular weight is 259 g/mol. The van der Waals surface area contributed by atoms with Gasteiger partial charge >= 0.3 is 0 Å².